The van der Waals surface area contributed by atoms with Gasteiger partial charge in [-0.2, -0.15) is 0 Å². The molecule has 196 valence electrons. The number of anilines is 3. The third-order valence-corrected chi connectivity index (χ3v) is 8.42. The normalized spacial score (nSPS) is 12.2. The van der Waals surface area contributed by atoms with Crippen LogP contribution in [0.2, 0.25) is 0 Å². The molecule has 0 saturated carbocycles. The van der Waals surface area contributed by atoms with E-state index in [1.54, 1.807) is 6.33 Å². The zero-order valence-corrected chi connectivity index (χ0v) is 22.6. The van der Waals surface area contributed by atoms with Crippen molar-refractivity contribution in [2.45, 2.75) is 0 Å². The maximum Gasteiger partial charge on any atom is 0.116 e. The lowest BCUT2D eigenvalue weighted by Gasteiger charge is -2.32. The van der Waals surface area contributed by atoms with Crippen molar-refractivity contribution in [1.82, 2.24) is 14.5 Å². The van der Waals surface area contributed by atoms with Crippen molar-refractivity contribution < 1.29 is 0 Å². The smallest absolute Gasteiger partial charge is 0.116 e. The minimum atomic E-state index is 0.943. The van der Waals surface area contributed by atoms with Crippen molar-refractivity contribution in [3.05, 3.63) is 146 Å². The van der Waals surface area contributed by atoms with Gasteiger partial charge in [-0.05, 0) is 71.1 Å². The fourth-order valence-electron chi connectivity index (χ4n) is 6.64. The Balaban J connectivity index is 1.31. The van der Waals surface area contributed by atoms with Crippen LogP contribution in [-0.2, 0) is 0 Å². The first kappa shape index (κ1) is 23.0. The Morgan fingerprint density at radius 1 is 0.524 bits per heavy atom. The van der Waals surface area contributed by atoms with E-state index < -0.39 is 0 Å². The van der Waals surface area contributed by atoms with E-state index in [4.69, 9.17) is 4.98 Å². The molecule has 0 unspecified atom stereocenters. The Labute approximate surface area is 242 Å². The average Bonchev–Trinajstić information content (AvgIpc) is 3.39. The van der Waals surface area contributed by atoms with Gasteiger partial charge in [0.05, 0.1) is 34.3 Å². The van der Waals surface area contributed by atoms with Crippen LogP contribution in [0.3, 0.4) is 0 Å². The predicted molar refractivity (Wildman–Crippen MR) is 173 cm³/mol. The Morgan fingerprint density at radius 2 is 1.31 bits per heavy atom. The van der Waals surface area contributed by atoms with Crippen LogP contribution in [0.1, 0.15) is 0 Å². The van der Waals surface area contributed by atoms with E-state index in [9.17, 15) is 0 Å². The highest BCUT2D eigenvalue weighted by Gasteiger charge is 2.28. The Morgan fingerprint density at radius 3 is 2.19 bits per heavy atom. The quantitative estimate of drug-likeness (QED) is 0.225. The summed E-state index contributed by atoms with van der Waals surface area (Å²) in [5.41, 5.74) is 11.2. The van der Waals surface area contributed by atoms with Crippen molar-refractivity contribution in [1.29, 1.82) is 0 Å². The Hall–Kier alpha value is -5.74. The first-order chi connectivity index (χ1) is 20.8. The van der Waals surface area contributed by atoms with Gasteiger partial charge in [0, 0.05) is 33.1 Å². The van der Waals surface area contributed by atoms with E-state index in [2.05, 4.69) is 148 Å². The van der Waals surface area contributed by atoms with Gasteiger partial charge >= 0.3 is 0 Å². The molecule has 0 saturated heterocycles. The van der Waals surface area contributed by atoms with Gasteiger partial charge in [-0.3, -0.25) is 0 Å². The fourth-order valence-corrected chi connectivity index (χ4v) is 6.64. The van der Waals surface area contributed by atoms with Gasteiger partial charge in [-0.15, -0.1) is 0 Å². The maximum atomic E-state index is 4.85. The third kappa shape index (κ3) is 3.29. The predicted octanol–water partition coefficient (Wildman–Crippen LogP) is 9.84. The zero-order chi connectivity index (χ0) is 27.6. The molecule has 0 amide bonds. The average molecular weight is 537 g/mol. The van der Waals surface area contributed by atoms with Gasteiger partial charge < -0.3 is 9.47 Å². The van der Waals surface area contributed by atoms with E-state index in [0.717, 1.165) is 34.0 Å². The minimum absolute atomic E-state index is 0.943. The summed E-state index contributed by atoms with van der Waals surface area (Å²) in [7, 11) is 0. The van der Waals surface area contributed by atoms with Crippen molar-refractivity contribution >= 4 is 49.6 Å². The standard InChI is InChI=1S/C38H24N4/c1-3-10-25(11-4-1)27-20-26-12-9-17-35-37(26)32(21-27)38-36(23-39-24-40-38)42(35)29-18-19-34-31(22-29)30-15-7-8-16-33(30)41(34)28-13-5-2-6-14-28/h1-24H. The molecule has 4 nitrogen and oxygen atoms in total. The van der Waals surface area contributed by atoms with E-state index in [1.165, 1.54) is 43.7 Å². The highest BCUT2D eigenvalue weighted by molar-refractivity contribution is 6.16. The largest absolute Gasteiger partial charge is 0.309 e. The van der Waals surface area contributed by atoms with E-state index in [1.807, 2.05) is 6.20 Å². The summed E-state index contributed by atoms with van der Waals surface area (Å²) in [6.07, 6.45) is 3.60. The topological polar surface area (TPSA) is 34.0 Å². The highest BCUT2D eigenvalue weighted by Crippen LogP contribution is 2.51. The lowest BCUT2D eigenvalue weighted by atomic mass is 9.90. The molecule has 0 fully saturated rings. The molecule has 4 heteroatoms. The summed E-state index contributed by atoms with van der Waals surface area (Å²) in [6, 6.07) is 47.7. The monoisotopic (exact) mass is 536 g/mol. The third-order valence-electron chi connectivity index (χ3n) is 8.42. The number of hydrogen-bond donors (Lipinski definition) is 0. The van der Waals surface area contributed by atoms with Crippen molar-refractivity contribution in [2.75, 3.05) is 4.90 Å². The van der Waals surface area contributed by atoms with Gasteiger partial charge in [-0.25, -0.2) is 9.97 Å². The minimum Gasteiger partial charge on any atom is -0.309 e. The van der Waals surface area contributed by atoms with Gasteiger partial charge in [0.25, 0.3) is 0 Å². The summed E-state index contributed by atoms with van der Waals surface area (Å²) in [5, 5.41) is 4.84. The maximum absolute atomic E-state index is 4.85. The number of nitrogens with zero attached hydrogens (tertiary/aromatic N) is 4. The van der Waals surface area contributed by atoms with Gasteiger partial charge in [0.15, 0.2) is 0 Å². The van der Waals surface area contributed by atoms with Crippen LogP contribution in [-0.4, -0.2) is 14.5 Å². The van der Waals surface area contributed by atoms with Crippen LogP contribution in [0.25, 0.3) is 60.6 Å². The Bertz CT molecular complexity index is 2300. The second-order valence-corrected chi connectivity index (χ2v) is 10.7. The van der Waals surface area contributed by atoms with Crippen LogP contribution in [0, 0.1) is 0 Å². The first-order valence-corrected chi connectivity index (χ1v) is 14.2. The second-order valence-electron chi connectivity index (χ2n) is 10.7. The molecule has 0 N–H and O–H groups in total. The molecule has 1 aliphatic rings. The molecule has 0 radical (unpaired) electrons. The molecule has 2 aromatic heterocycles. The first-order valence-electron chi connectivity index (χ1n) is 14.2. The molecule has 0 bridgehead atoms. The molecule has 6 aromatic carbocycles. The number of aromatic nitrogens is 3. The lowest BCUT2D eigenvalue weighted by molar-refractivity contribution is 1.13. The highest BCUT2D eigenvalue weighted by atomic mass is 15.2. The van der Waals surface area contributed by atoms with E-state index >= 15 is 0 Å². The lowest BCUT2D eigenvalue weighted by Crippen LogP contribution is -2.16. The molecule has 0 aliphatic carbocycles. The number of para-hydroxylation sites is 2. The summed E-state index contributed by atoms with van der Waals surface area (Å²) in [6.45, 7) is 0. The number of benzene rings is 6. The van der Waals surface area contributed by atoms with Crippen LogP contribution < -0.4 is 4.90 Å². The molecule has 1 aliphatic heterocycles. The second kappa shape index (κ2) is 8.88. The fraction of sp³-hybridized carbons (Fsp3) is 0. The summed E-state index contributed by atoms with van der Waals surface area (Å²) < 4.78 is 2.35. The van der Waals surface area contributed by atoms with E-state index in [-0.39, 0.29) is 0 Å². The Kier molecular flexibility index (Phi) is 4.87. The molecule has 0 atom stereocenters. The van der Waals surface area contributed by atoms with Crippen LogP contribution >= 0.6 is 0 Å². The van der Waals surface area contributed by atoms with Crippen molar-refractivity contribution in [3.63, 3.8) is 0 Å². The van der Waals surface area contributed by atoms with Crippen LogP contribution in [0.5, 0.6) is 0 Å². The van der Waals surface area contributed by atoms with Crippen molar-refractivity contribution in [2.24, 2.45) is 0 Å². The van der Waals surface area contributed by atoms with Crippen molar-refractivity contribution in [3.8, 4) is 28.1 Å². The van der Waals surface area contributed by atoms with Gasteiger partial charge in [0.1, 0.15) is 6.33 Å². The molecule has 3 heterocycles. The molecular weight excluding hydrogens is 512 g/mol. The molecule has 9 rings (SSSR count). The summed E-state index contributed by atoms with van der Waals surface area (Å²) in [5.74, 6) is 0. The van der Waals surface area contributed by atoms with Crippen LogP contribution in [0.15, 0.2) is 146 Å². The summed E-state index contributed by atoms with van der Waals surface area (Å²) in [4.78, 5) is 11.7. The van der Waals surface area contributed by atoms with E-state index in [0.29, 0.717) is 0 Å². The number of rotatable bonds is 3. The molecule has 0 spiro atoms. The van der Waals surface area contributed by atoms with Gasteiger partial charge in [-0.1, -0.05) is 78.9 Å². The number of hydrogen-bond acceptors (Lipinski definition) is 3. The van der Waals surface area contributed by atoms with Gasteiger partial charge in [0.2, 0.25) is 0 Å². The van der Waals surface area contributed by atoms with Crippen LogP contribution in [0.4, 0.5) is 17.1 Å². The summed E-state index contributed by atoms with van der Waals surface area (Å²) >= 11 is 0. The zero-order valence-electron chi connectivity index (χ0n) is 22.6. The molecular formula is C38H24N4. The SMILES string of the molecule is c1ccc(-c2cc3c4c(cccc4c2)N(c2ccc4c(c2)c2ccccc2n4-c2ccccc2)c2cncnc2-3)cc1. The molecule has 8 aromatic rings. The molecule has 42 heavy (non-hydrogen) atoms. The number of fused-ring (bicyclic) bond motifs is 5.